The molecule has 3 rings (SSSR count). The van der Waals surface area contributed by atoms with Crippen LogP contribution in [0.5, 0.6) is 5.75 Å². The van der Waals surface area contributed by atoms with E-state index in [2.05, 4.69) is 5.10 Å². The van der Waals surface area contributed by atoms with Crippen LogP contribution < -0.4 is 15.4 Å². The van der Waals surface area contributed by atoms with Crippen LogP contribution in [0.15, 0.2) is 18.3 Å². The number of nitrogens with zero attached hydrogens (tertiary/aromatic N) is 3. The fourth-order valence-corrected chi connectivity index (χ4v) is 2.97. The van der Waals surface area contributed by atoms with Crippen molar-refractivity contribution in [3.8, 4) is 16.9 Å². The van der Waals surface area contributed by atoms with Crippen LogP contribution in [0.4, 0.5) is 24.5 Å². The van der Waals surface area contributed by atoms with Crippen LogP contribution in [0, 0.1) is 0 Å². The van der Waals surface area contributed by atoms with Gasteiger partial charge in [-0.05, 0) is 6.07 Å². The molecule has 23 heavy (non-hydrogen) atoms. The SMILES string of the molecule is COc1cc2c(cc1N)-c1cnn(C)c1CCN2CC(F)(F)F. The van der Waals surface area contributed by atoms with Crippen molar-refractivity contribution in [2.75, 3.05) is 30.8 Å². The lowest BCUT2D eigenvalue weighted by molar-refractivity contribution is -0.119. The van der Waals surface area contributed by atoms with Gasteiger partial charge in [0.1, 0.15) is 12.3 Å². The first-order valence-corrected chi connectivity index (χ1v) is 7.10. The third kappa shape index (κ3) is 2.80. The molecule has 0 amide bonds. The summed E-state index contributed by atoms with van der Waals surface area (Å²) in [5, 5.41) is 4.21. The molecule has 124 valence electrons. The molecule has 2 heterocycles. The van der Waals surface area contributed by atoms with Crippen LogP contribution in [0.25, 0.3) is 11.1 Å². The van der Waals surface area contributed by atoms with Crippen molar-refractivity contribution >= 4 is 11.4 Å². The Labute approximate surface area is 131 Å². The van der Waals surface area contributed by atoms with Gasteiger partial charge in [-0.3, -0.25) is 4.68 Å². The Balaban J connectivity index is 2.18. The molecule has 0 atom stereocenters. The quantitative estimate of drug-likeness (QED) is 0.862. The van der Waals surface area contributed by atoms with Gasteiger partial charge in [-0.15, -0.1) is 0 Å². The molecule has 0 saturated carbocycles. The number of methoxy groups -OCH3 is 1. The van der Waals surface area contributed by atoms with Crippen molar-refractivity contribution in [3.63, 3.8) is 0 Å². The topological polar surface area (TPSA) is 56.3 Å². The van der Waals surface area contributed by atoms with Gasteiger partial charge in [0.15, 0.2) is 0 Å². The van der Waals surface area contributed by atoms with Crippen LogP contribution in [-0.4, -0.2) is 36.2 Å². The lowest BCUT2D eigenvalue weighted by Crippen LogP contribution is -2.35. The first kappa shape index (κ1) is 15.5. The monoisotopic (exact) mass is 326 g/mol. The van der Waals surface area contributed by atoms with Crippen molar-refractivity contribution in [3.05, 3.63) is 24.0 Å². The maximum atomic E-state index is 12.9. The summed E-state index contributed by atoms with van der Waals surface area (Å²) in [6, 6.07) is 3.22. The van der Waals surface area contributed by atoms with Gasteiger partial charge in [0.25, 0.3) is 0 Å². The highest BCUT2D eigenvalue weighted by Crippen LogP contribution is 2.42. The van der Waals surface area contributed by atoms with Gasteiger partial charge in [-0.25, -0.2) is 0 Å². The molecular weight excluding hydrogens is 309 g/mol. The Morgan fingerprint density at radius 3 is 2.70 bits per heavy atom. The van der Waals surface area contributed by atoms with E-state index in [1.165, 1.54) is 12.0 Å². The maximum absolute atomic E-state index is 12.9. The third-order valence-electron chi connectivity index (χ3n) is 4.03. The normalized spacial score (nSPS) is 14.2. The van der Waals surface area contributed by atoms with E-state index >= 15 is 0 Å². The number of aromatic nitrogens is 2. The van der Waals surface area contributed by atoms with Gasteiger partial charge in [0.05, 0.1) is 19.0 Å². The molecule has 8 heteroatoms. The van der Waals surface area contributed by atoms with Crippen LogP contribution in [0.1, 0.15) is 5.69 Å². The van der Waals surface area contributed by atoms with E-state index in [1.54, 1.807) is 30.1 Å². The molecule has 0 unspecified atom stereocenters. The summed E-state index contributed by atoms with van der Waals surface area (Å²) in [4.78, 5) is 1.32. The van der Waals surface area contributed by atoms with Gasteiger partial charge in [0.2, 0.25) is 0 Å². The number of aryl methyl sites for hydroxylation is 1. The zero-order valence-electron chi connectivity index (χ0n) is 12.8. The van der Waals surface area contributed by atoms with Crippen LogP contribution in [0.3, 0.4) is 0 Å². The molecule has 1 aliphatic heterocycles. The highest BCUT2D eigenvalue weighted by atomic mass is 19.4. The van der Waals surface area contributed by atoms with Gasteiger partial charge >= 0.3 is 6.18 Å². The van der Waals surface area contributed by atoms with Crippen LogP contribution in [-0.2, 0) is 13.5 Å². The molecule has 1 aromatic heterocycles. The summed E-state index contributed by atoms with van der Waals surface area (Å²) in [6.45, 7) is -0.777. The number of ether oxygens (including phenoxy) is 1. The van der Waals surface area contributed by atoms with Crippen molar-refractivity contribution in [2.45, 2.75) is 12.6 Å². The average molecular weight is 326 g/mol. The van der Waals surface area contributed by atoms with Crippen molar-refractivity contribution < 1.29 is 17.9 Å². The molecule has 0 spiro atoms. The Morgan fingerprint density at radius 2 is 2.04 bits per heavy atom. The molecule has 0 aliphatic carbocycles. The van der Waals surface area contributed by atoms with Crippen molar-refractivity contribution in [2.24, 2.45) is 7.05 Å². The number of rotatable bonds is 2. The number of alkyl halides is 3. The maximum Gasteiger partial charge on any atom is 0.405 e. The van der Waals surface area contributed by atoms with Gasteiger partial charge in [-0.1, -0.05) is 0 Å². The number of halogens is 3. The Morgan fingerprint density at radius 1 is 1.30 bits per heavy atom. The smallest absolute Gasteiger partial charge is 0.405 e. The Hall–Kier alpha value is -2.38. The summed E-state index contributed by atoms with van der Waals surface area (Å²) in [7, 11) is 3.23. The first-order valence-electron chi connectivity index (χ1n) is 7.10. The summed E-state index contributed by atoms with van der Waals surface area (Å²) in [5.74, 6) is 0.364. The van der Waals surface area contributed by atoms with E-state index in [4.69, 9.17) is 10.5 Å². The third-order valence-corrected chi connectivity index (χ3v) is 4.03. The molecule has 1 aliphatic rings. The number of benzene rings is 1. The number of nitrogen functional groups attached to an aromatic ring is 1. The zero-order chi connectivity index (χ0) is 16.8. The predicted octanol–water partition coefficient (Wildman–Crippen LogP) is 2.60. The molecule has 2 N–H and O–H groups in total. The van der Waals surface area contributed by atoms with E-state index < -0.39 is 12.7 Å². The standard InChI is InChI=1S/C15H17F3N4O/c1-21-12-3-4-22(8-15(16,17)18)13-6-14(23-2)11(19)5-9(13)10(12)7-20-21/h5-7H,3-4,8,19H2,1-2H3. The number of anilines is 2. The first-order chi connectivity index (χ1) is 10.8. The van der Waals surface area contributed by atoms with Crippen LogP contribution >= 0.6 is 0 Å². The molecule has 5 nitrogen and oxygen atoms in total. The number of hydrogen-bond donors (Lipinski definition) is 1. The fraction of sp³-hybridized carbons (Fsp3) is 0.400. The molecule has 0 saturated heterocycles. The summed E-state index contributed by atoms with van der Waals surface area (Å²) in [6.07, 6.45) is -2.16. The highest BCUT2D eigenvalue weighted by Gasteiger charge is 2.34. The minimum atomic E-state index is -4.29. The molecular formula is C15H17F3N4O. The minimum absolute atomic E-state index is 0.242. The van der Waals surface area contributed by atoms with Crippen molar-refractivity contribution in [1.29, 1.82) is 0 Å². The molecule has 0 radical (unpaired) electrons. The summed E-state index contributed by atoms with van der Waals surface area (Å²) >= 11 is 0. The van der Waals surface area contributed by atoms with E-state index in [0.29, 0.717) is 29.1 Å². The molecule has 1 aromatic carbocycles. The number of fused-ring (bicyclic) bond motifs is 3. The summed E-state index contributed by atoms with van der Waals surface area (Å²) < 4.78 is 45.7. The number of nitrogens with two attached hydrogens (primary N) is 1. The van der Waals surface area contributed by atoms with Gasteiger partial charge < -0.3 is 15.4 Å². The fourth-order valence-electron chi connectivity index (χ4n) is 2.97. The largest absolute Gasteiger partial charge is 0.495 e. The average Bonchev–Trinajstić information content (AvgIpc) is 2.76. The van der Waals surface area contributed by atoms with Gasteiger partial charge in [0, 0.05) is 48.6 Å². The van der Waals surface area contributed by atoms with Crippen molar-refractivity contribution in [1.82, 2.24) is 9.78 Å². The predicted molar refractivity (Wildman–Crippen MR) is 81.6 cm³/mol. The number of hydrogen-bond acceptors (Lipinski definition) is 4. The Kier molecular flexibility index (Phi) is 3.62. The van der Waals surface area contributed by atoms with E-state index in [-0.39, 0.29) is 6.54 Å². The lowest BCUT2D eigenvalue weighted by Gasteiger charge is -2.26. The van der Waals surface area contributed by atoms with E-state index in [0.717, 1.165) is 11.3 Å². The van der Waals surface area contributed by atoms with Gasteiger partial charge in [-0.2, -0.15) is 18.3 Å². The molecule has 2 aromatic rings. The molecule has 0 fully saturated rings. The second-order valence-corrected chi connectivity index (χ2v) is 5.53. The van der Waals surface area contributed by atoms with E-state index in [9.17, 15) is 13.2 Å². The second kappa shape index (κ2) is 5.36. The van der Waals surface area contributed by atoms with Crippen LogP contribution in [0.2, 0.25) is 0 Å². The van der Waals surface area contributed by atoms with E-state index in [1.807, 2.05) is 0 Å². The highest BCUT2D eigenvalue weighted by molar-refractivity contribution is 5.85. The molecule has 0 bridgehead atoms. The Bertz CT molecular complexity index is 739. The lowest BCUT2D eigenvalue weighted by atomic mass is 10.0. The zero-order valence-corrected chi connectivity index (χ0v) is 12.8. The minimum Gasteiger partial charge on any atom is -0.495 e. The second-order valence-electron chi connectivity index (χ2n) is 5.53. The summed E-state index contributed by atoms with van der Waals surface area (Å²) in [5.41, 5.74) is 9.14.